The molecule has 0 N–H and O–H groups in total. The van der Waals surface area contributed by atoms with Gasteiger partial charge in [0, 0.05) is 50.0 Å². The summed E-state index contributed by atoms with van der Waals surface area (Å²) in [6.07, 6.45) is 2.54. The number of aromatic nitrogens is 1. The molecule has 3 aromatic rings. The van der Waals surface area contributed by atoms with Crippen molar-refractivity contribution in [3.05, 3.63) is 87.3 Å². The lowest BCUT2D eigenvalue weighted by Gasteiger charge is -2.37. The number of ketones is 1. The number of pyridine rings is 1. The molecule has 0 radical (unpaired) electrons. The summed E-state index contributed by atoms with van der Waals surface area (Å²) in [6, 6.07) is 15.4. The zero-order chi connectivity index (χ0) is 26.3. The monoisotopic (exact) mass is 499 g/mol. The molecular formula is C30H33N3O4. The number of ether oxygens (including phenoxy) is 1. The van der Waals surface area contributed by atoms with E-state index < -0.39 is 0 Å². The first kappa shape index (κ1) is 24.8. The normalized spacial score (nSPS) is 16.9. The van der Waals surface area contributed by atoms with Crippen molar-refractivity contribution in [2.45, 2.75) is 33.6 Å². The number of piperazine rings is 1. The Morgan fingerprint density at radius 1 is 0.919 bits per heavy atom. The molecule has 2 aromatic carbocycles. The summed E-state index contributed by atoms with van der Waals surface area (Å²) < 4.78 is 6.98. The number of carbonyl (C=O) groups is 2. The van der Waals surface area contributed by atoms with Crippen molar-refractivity contribution in [2.24, 2.45) is 5.41 Å². The van der Waals surface area contributed by atoms with E-state index in [-0.39, 0.29) is 28.2 Å². The fraction of sp³-hybridized carbons (Fsp3) is 0.367. The van der Waals surface area contributed by atoms with Crippen molar-refractivity contribution in [3.63, 3.8) is 0 Å². The van der Waals surface area contributed by atoms with Gasteiger partial charge in [0.15, 0.2) is 5.78 Å². The standard InChI is InChI=1S/C30H33N3O4/c1-20-9-11-21(12-10-20)33-19-23-22(17-30(2,3)18-25(23)34)27(29(33)36)28(35)32-15-13-31(14-16-32)24-7-5-6-8-26(24)37-4/h5-12,19H,13-18H2,1-4H3. The van der Waals surface area contributed by atoms with Crippen LogP contribution < -0.4 is 15.2 Å². The van der Waals surface area contributed by atoms with Crippen LogP contribution in [0.3, 0.4) is 0 Å². The third kappa shape index (κ3) is 4.66. The number of benzene rings is 2. The fourth-order valence-electron chi connectivity index (χ4n) is 5.46. The summed E-state index contributed by atoms with van der Waals surface area (Å²) in [6.45, 7) is 8.20. The summed E-state index contributed by atoms with van der Waals surface area (Å²) in [7, 11) is 1.65. The number of para-hydroxylation sites is 2. The number of nitrogens with zero attached hydrogens (tertiary/aromatic N) is 3. The Labute approximate surface area is 217 Å². The first-order chi connectivity index (χ1) is 17.7. The number of methoxy groups -OCH3 is 1. The van der Waals surface area contributed by atoms with Gasteiger partial charge < -0.3 is 14.5 Å². The van der Waals surface area contributed by atoms with Gasteiger partial charge in [0.05, 0.1) is 12.8 Å². The van der Waals surface area contributed by atoms with Gasteiger partial charge in [-0.3, -0.25) is 19.0 Å². The molecule has 1 fully saturated rings. The minimum atomic E-state index is -0.370. The topological polar surface area (TPSA) is 71.8 Å². The van der Waals surface area contributed by atoms with Crippen LogP contribution in [-0.4, -0.2) is 54.4 Å². The number of hydrogen-bond acceptors (Lipinski definition) is 5. The van der Waals surface area contributed by atoms with E-state index in [1.54, 1.807) is 18.2 Å². The molecule has 7 nitrogen and oxygen atoms in total. The van der Waals surface area contributed by atoms with E-state index >= 15 is 0 Å². The Kier molecular flexibility index (Phi) is 6.40. The van der Waals surface area contributed by atoms with Gasteiger partial charge >= 0.3 is 0 Å². The number of fused-ring (bicyclic) bond motifs is 1. The SMILES string of the molecule is COc1ccccc1N1CCN(C(=O)c2c3c(cn(-c4ccc(C)cc4)c2=O)C(=O)CC(C)(C)C3)CC1. The maximum atomic E-state index is 14.0. The molecule has 1 amide bonds. The van der Waals surface area contributed by atoms with Gasteiger partial charge in [-0.2, -0.15) is 0 Å². The zero-order valence-corrected chi connectivity index (χ0v) is 21.9. The molecule has 1 aromatic heterocycles. The second-order valence-electron chi connectivity index (χ2n) is 10.8. The summed E-state index contributed by atoms with van der Waals surface area (Å²) >= 11 is 0. The van der Waals surface area contributed by atoms with Crippen molar-refractivity contribution in [1.82, 2.24) is 9.47 Å². The average Bonchev–Trinajstić information content (AvgIpc) is 2.88. The van der Waals surface area contributed by atoms with Gasteiger partial charge in [-0.25, -0.2) is 0 Å². The number of amides is 1. The van der Waals surface area contributed by atoms with Crippen LogP contribution in [0.15, 0.2) is 59.5 Å². The minimum absolute atomic E-state index is 0.0258. The van der Waals surface area contributed by atoms with E-state index in [1.165, 1.54) is 4.57 Å². The quantitative estimate of drug-likeness (QED) is 0.536. The van der Waals surface area contributed by atoms with Crippen molar-refractivity contribution < 1.29 is 14.3 Å². The van der Waals surface area contributed by atoms with Crippen LogP contribution in [-0.2, 0) is 6.42 Å². The highest BCUT2D eigenvalue weighted by molar-refractivity contribution is 6.04. The van der Waals surface area contributed by atoms with Crippen LogP contribution in [0.25, 0.3) is 5.69 Å². The molecule has 0 spiro atoms. The van der Waals surface area contributed by atoms with Crippen LogP contribution in [0.5, 0.6) is 5.75 Å². The van der Waals surface area contributed by atoms with E-state index in [4.69, 9.17) is 4.74 Å². The second kappa shape index (κ2) is 9.54. The lowest BCUT2D eigenvalue weighted by atomic mass is 9.73. The number of hydrogen-bond donors (Lipinski definition) is 0. The Hall–Kier alpha value is -3.87. The number of aryl methyl sites for hydroxylation is 1. The molecule has 0 bridgehead atoms. The van der Waals surface area contributed by atoms with Gasteiger partial charge in [-0.1, -0.05) is 43.7 Å². The smallest absolute Gasteiger partial charge is 0.268 e. The first-order valence-corrected chi connectivity index (χ1v) is 12.7. The van der Waals surface area contributed by atoms with E-state index in [0.717, 1.165) is 17.0 Å². The predicted molar refractivity (Wildman–Crippen MR) is 144 cm³/mol. The van der Waals surface area contributed by atoms with Gasteiger partial charge in [-0.15, -0.1) is 0 Å². The van der Waals surface area contributed by atoms with E-state index in [0.29, 0.717) is 55.8 Å². The highest BCUT2D eigenvalue weighted by atomic mass is 16.5. The van der Waals surface area contributed by atoms with Crippen molar-refractivity contribution in [3.8, 4) is 11.4 Å². The number of Topliss-reactive ketones (excluding diaryl/α,β-unsaturated/α-hetero) is 1. The molecule has 2 heterocycles. The molecule has 2 aliphatic rings. The van der Waals surface area contributed by atoms with Gasteiger partial charge in [-0.05, 0) is 48.6 Å². The molecule has 192 valence electrons. The van der Waals surface area contributed by atoms with Crippen molar-refractivity contribution in [1.29, 1.82) is 0 Å². The maximum Gasteiger partial charge on any atom is 0.268 e. The molecule has 1 aliphatic carbocycles. The Morgan fingerprint density at radius 3 is 2.27 bits per heavy atom. The molecule has 37 heavy (non-hydrogen) atoms. The summed E-state index contributed by atoms with van der Waals surface area (Å²) in [5.74, 6) is 0.469. The third-order valence-corrected chi connectivity index (χ3v) is 7.43. The van der Waals surface area contributed by atoms with E-state index in [2.05, 4.69) is 4.90 Å². The van der Waals surface area contributed by atoms with Crippen LogP contribution in [0.1, 0.15) is 52.1 Å². The average molecular weight is 500 g/mol. The number of anilines is 1. The Morgan fingerprint density at radius 2 is 1.59 bits per heavy atom. The number of carbonyl (C=O) groups excluding carboxylic acids is 2. The highest BCUT2D eigenvalue weighted by Crippen LogP contribution is 2.36. The predicted octanol–water partition coefficient (Wildman–Crippen LogP) is 4.27. The number of rotatable bonds is 4. The molecule has 5 rings (SSSR count). The molecular weight excluding hydrogens is 466 g/mol. The van der Waals surface area contributed by atoms with Crippen molar-refractivity contribution >= 4 is 17.4 Å². The van der Waals surface area contributed by atoms with Crippen LogP contribution in [0.4, 0.5) is 5.69 Å². The summed E-state index contributed by atoms with van der Waals surface area (Å²) in [5, 5.41) is 0. The van der Waals surface area contributed by atoms with Gasteiger partial charge in [0.2, 0.25) is 0 Å². The molecule has 0 saturated carbocycles. The third-order valence-electron chi connectivity index (χ3n) is 7.43. The van der Waals surface area contributed by atoms with Crippen LogP contribution in [0.2, 0.25) is 0 Å². The maximum absolute atomic E-state index is 14.0. The van der Waals surface area contributed by atoms with E-state index in [9.17, 15) is 14.4 Å². The van der Waals surface area contributed by atoms with Crippen molar-refractivity contribution in [2.75, 3.05) is 38.2 Å². The zero-order valence-electron chi connectivity index (χ0n) is 21.9. The summed E-state index contributed by atoms with van der Waals surface area (Å²) in [5.41, 5.74) is 3.22. The van der Waals surface area contributed by atoms with Gasteiger partial charge in [0.25, 0.3) is 11.5 Å². The van der Waals surface area contributed by atoms with E-state index in [1.807, 2.05) is 69.3 Å². The molecule has 1 saturated heterocycles. The Bertz CT molecular complexity index is 1410. The Balaban J connectivity index is 1.52. The second-order valence-corrected chi connectivity index (χ2v) is 10.8. The lowest BCUT2D eigenvalue weighted by molar-refractivity contribution is 0.0742. The largest absolute Gasteiger partial charge is 0.495 e. The fourth-order valence-corrected chi connectivity index (χ4v) is 5.46. The molecule has 0 atom stereocenters. The van der Waals surface area contributed by atoms with Gasteiger partial charge in [0.1, 0.15) is 11.3 Å². The summed E-state index contributed by atoms with van der Waals surface area (Å²) in [4.78, 5) is 45.0. The van der Waals surface area contributed by atoms with Crippen LogP contribution >= 0.6 is 0 Å². The minimum Gasteiger partial charge on any atom is -0.495 e. The highest BCUT2D eigenvalue weighted by Gasteiger charge is 2.37. The first-order valence-electron chi connectivity index (χ1n) is 12.7. The van der Waals surface area contributed by atoms with Crippen LogP contribution in [0, 0.1) is 12.3 Å². The molecule has 7 heteroatoms. The lowest BCUT2D eigenvalue weighted by Crippen LogP contribution is -2.50. The molecule has 1 aliphatic heterocycles. The molecule has 0 unspecified atom stereocenters.